The Hall–Kier alpha value is -1.89. The Labute approximate surface area is 173 Å². The van der Waals surface area contributed by atoms with E-state index in [1.54, 1.807) is 0 Å². The smallest absolute Gasteiger partial charge is 0.197 e. The summed E-state index contributed by atoms with van der Waals surface area (Å²) in [6.45, 7) is 0.849. The van der Waals surface area contributed by atoms with Gasteiger partial charge in [0.15, 0.2) is 5.43 Å². The highest BCUT2D eigenvalue weighted by Crippen LogP contribution is 2.44. The second-order valence-corrected chi connectivity index (χ2v) is 8.15. The molecule has 1 aromatic carbocycles. The van der Waals surface area contributed by atoms with Crippen LogP contribution in [0.1, 0.15) is 36.5 Å². The van der Waals surface area contributed by atoms with Crippen LogP contribution < -0.4 is 5.43 Å². The second kappa shape index (κ2) is 7.50. The van der Waals surface area contributed by atoms with Crippen molar-refractivity contribution in [1.29, 1.82) is 0 Å². The molecule has 0 amide bonds. The van der Waals surface area contributed by atoms with Gasteiger partial charge in [0.2, 0.25) is 0 Å². The number of thiol groups is 1. The number of phenolic OH excluding ortho intramolecular Hbond substituents is 2. The summed E-state index contributed by atoms with van der Waals surface area (Å²) in [7, 11) is 2.01. The number of benzene rings is 1. The van der Waals surface area contributed by atoms with Crippen LogP contribution in [0.15, 0.2) is 38.5 Å². The molecule has 0 spiro atoms. The summed E-state index contributed by atoms with van der Waals surface area (Å²) in [6.07, 6.45) is 6.28. The summed E-state index contributed by atoms with van der Waals surface area (Å²) >= 11 is 10.8. The van der Waals surface area contributed by atoms with Gasteiger partial charge in [0.1, 0.15) is 28.2 Å². The largest absolute Gasteiger partial charge is 0.507 e. The average Bonchev–Trinajstić information content (AvgIpc) is 3.01. The normalized spacial score (nSPS) is 23.1. The van der Waals surface area contributed by atoms with Crippen molar-refractivity contribution < 1.29 is 14.6 Å². The van der Waals surface area contributed by atoms with Crippen LogP contribution in [0.2, 0.25) is 0 Å². The SMILES string of the molecule is CN1CCC(c2c(O)cc(O)c3c(=O)cc(C4=CCCC=C4Cl)oc23)C1CS. The van der Waals surface area contributed by atoms with E-state index < -0.39 is 0 Å². The number of nitrogens with zero attached hydrogens (tertiary/aromatic N) is 1. The summed E-state index contributed by atoms with van der Waals surface area (Å²) in [5.41, 5.74) is 1.07. The zero-order valence-electron chi connectivity index (χ0n) is 15.5. The highest BCUT2D eigenvalue weighted by Gasteiger charge is 2.36. The van der Waals surface area contributed by atoms with E-state index in [0.717, 1.165) is 25.8 Å². The van der Waals surface area contributed by atoms with E-state index in [1.807, 2.05) is 19.2 Å². The third-order valence-electron chi connectivity index (χ3n) is 5.74. The van der Waals surface area contributed by atoms with E-state index in [2.05, 4.69) is 17.5 Å². The van der Waals surface area contributed by atoms with Crippen molar-refractivity contribution in [2.45, 2.75) is 31.2 Å². The predicted molar refractivity (Wildman–Crippen MR) is 115 cm³/mol. The molecule has 4 rings (SSSR count). The van der Waals surface area contributed by atoms with Crippen LogP contribution in [0.25, 0.3) is 16.5 Å². The lowest BCUT2D eigenvalue weighted by Crippen LogP contribution is -2.30. The number of allylic oxidation sites excluding steroid dienone is 4. The lowest BCUT2D eigenvalue weighted by molar-refractivity contribution is 0.320. The molecule has 0 bridgehead atoms. The molecule has 1 saturated heterocycles. The molecule has 1 aromatic heterocycles. The van der Waals surface area contributed by atoms with Gasteiger partial charge < -0.3 is 19.5 Å². The fourth-order valence-corrected chi connectivity index (χ4v) is 5.10. The fourth-order valence-electron chi connectivity index (χ4n) is 4.29. The van der Waals surface area contributed by atoms with Gasteiger partial charge >= 0.3 is 0 Å². The van der Waals surface area contributed by atoms with Gasteiger partial charge in [0.25, 0.3) is 0 Å². The molecule has 2 aromatic rings. The minimum atomic E-state index is -0.361. The lowest BCUT2D eigenvalue weighted by atomic mass is 9.89. The van der Waals surface area contributed by atoms with Crippen LogP contribution in [0.4, 0.5) is 0 Å². The second-order valence-electron chi connectivity index (χ2n) is 7.38. The zero-order chi connectivity index (χ0) is 20.0. The van der Waals surface area contributed by atoms with Gasteiger partial charge in [-0.1, -0.05) is 23.8 Å². The van der Waals surface area contributed by atoms with E-state index in [0.29, 0.717) is 27.7 Å². The van der Waals surface area contributed by atoms with Gasteiger partial charge in [-0.05, 0) is 32.9 Å². The van der Waals surface area contributed by atoms with Gasteiger partial charge in [-0.3, -0.25) is 4.79 Å². The molecule has 28 heavy (non-hydrogen) atoms. The molecular weight excluding hydrogens is 398 g/mol. The van der Waals surface area contributed by atoms with Crippen molar-refractivity contribution in [2.24, 2.45) is 0 Å². The van der Waals surface area contributed by atoms with Gasteiger partial charge in [-0.25, -0.2) is 0 Å². The summed E-state index contributed by atoms with van der Waals surface area (Å²) in [5, 5.41) is 21.6. The minimum Gasteiger partial charge on any atom is -0.507 e. The number of fused-ring (bicyclic) bond motifs is 1. The Morgan fingerprint density at radius 1 is 1.25 bits per heavy atom. The maximum absolute atomic E-state index is 12.8. The zero-order valence-corrected chi connectivity index (χ0v) is 17.1. The van der Waals surface area contributed by atoms with Gasteiger partial charge in [-0.15, -0.1) is 0 Å². The first-order chi connectivity index (χ1) is 13.4. The Morgan fingerprint density at radius 2 is 2.00 bits per heavy atom. The first-order valence-corrected chi connectivity index (χ1v) is 10.3. The predicted octanol–water partition coefficient (Wildman–Crippen LogP) is 4.22. The quantitative estimate of drug-likeness (QED) is 0.649. The molecule has 0 radical (unpaired) electrons. The highest BCUT2D eigenvalue weighted by molar-refractivity contribution is 7.80. The van der Waals surface area contributed by atoms with E-state index in [-0.39, 0.29) is 39.9 Å². The number of hydrogen-bond donors (Lipinski definition) is 3. The van der Waals surface area contributed by atoms with Crippen LogP contribution >= 0.6 is 24.2 Å². The third-order valence-corrected chi connectivity index (χ3v) is 6.47. The maximum atomic E-state index is 12.8. The van der Waals surface area contributed by atoms with Crippen LogP contribution in [0.5, 0.6) is 11.5 Å². The first-order valence-electron chi connectivity index (χ1n) is 9.32. The highest BCUT2D eigenvalue weighted by atomic mass is 35.5. The molecule has 7 heteroatoms. The number of likely N-dealkylation sites (N-methyl/N-ethyl adjacent to an activating group) is 1. The minimum absolute atomic E-state index is 0.0599. The van der Waals surface area contributed by atoms with Crippen molar-refractivity contribution in [3.8, 4) is 11.5 Å². The average molecular weight is 420 g/mol. The number of phenols is 2. The van der Waals surface area contributed by atoms with Crippen molar-refractivity contribution >= 4 is 40.8 Å². The van der Waals surface area contributed by atoms with Gasteiger partial charge in [0, 0.05) is 46.0 Å². The molecule has 2 atom stereocenters. The Bertz CT molecular complexity index is 1060. The van der Waals surface area contributed by atoms with E-state index in [9.17, 15) is 15.0 Å². The van der Waals surface area contributed by atoms with E-state index in [4.69, 9.17) is 16.0 Å². The molecule has 2 N–H and O–H groups in total. The number of likely N-dealkylation sites (tertiary alicyclic amines) is 1. The molecular formula is C21H22ClNO4S. The topological polar surface area (TPSA) is 73.9 Å². The molecule has 1 aliphatic heterocycles. The Balaban J connectivity index is 1.99. The molecule has 5 nitrogen and oxygen atoms in total. The van der Waals surface area contributed by atoms with Crippen LogP contribution in [-0.2, 0) is 0 Å². The number of halogens is 1. The maximum Gasteiger partial charge on any atom is 0.197 e. The Kier molecular flexibility index (Phi) is 5.21. The number of aromatic hydroxyl groups is 2. The van der Waals surface area contributed by atoms with Gasteiger partial charge in [-0.2, -0.15) is 12.6 Å². The molecule has 2 unspecified atom stereocenters. The summed E-state index contributed by atoms with van der Waals surface area (Å²) in [5.74, 6) is 0.530. The van der Waals surface area contributed by atoms with E-state index in [1.165, 1.54) is 12.1 Å². The van der Waals surface area contributed by atoms with Crippen molar-refractivity contribution in [3.63, 3.8) is 0 Å². The van der Waals surface area contributed by atoms with Crippen molar-refractivity contribution in [1.82, 2.24) is 4.90 Å². The number of rotatable bonds is 3. The molecule has 1 aliphatic carbocycles. The molecule has 2 heterocycles. The van der Waals surface area contributed by atoms with Gasteiger partial charge in [0.05, 0.1) is 0 Å². The summed E-state index contributed by atoms with van der Waals surface area (Å²) < 4.78 is 6.13. The van der Waals surface area contributed by atoms with Crippen molar-refractivity contribution in [3.05, 3.63) is 50.9 Å². The Morgan fingerprint density at radius 3 is 2.71 bits per heavy atom. The lowest BCUT2D eigenvalue weighted by Gasteiger charge is -2.24. The third kappa shape index (κ3) is 3.13. The summed E-state index contributed by atoms with van der Waals surface area (Å²) in [6, 6.07) is 2.68. The number of hydrogen-bond acceptors (Lipinski definition) is 6. The molecule has 2 aliphatic rings. The van der Waals surface area contributed by atoms with E-state index >= 15 is 0 Å². The summed E-state index contributed by atoms with van der Waals surface area (Å²) in [4.78, 5) is 15.0. The molecule has 1 fully saturated rings. The van der Waals surface area contributed by atoms with Crippen LogP contribution in [-0.4, -0.2) is 40.5 Å². The van der Waals surface area contributed by atoms with Crippen LogP contribution in [0.3, 0.4) is 0 Å². The first kappa shape index (κ1) is 19.4. The van der Waals surface area contributed by atoms with Crippen molar-refractivity contribution in [2.75, 3.05) is 19.3 Å². The fraction of sp³-hybridized carbons (Fsp3) is 0.381. The monoisotopic (exact) mass is 419 g/mol. The van der Waals surface area contributed by atoms with Crippen LogP contribution in [0, 0.1) is 0 Å². The molecule has 148 valence electrons. The standard InChI is InChI=1S/C21H22ClNO4S/c1-23-7-6-12(14(23)10-28)19-15(24)8-16(25)20-17(26)9-18(27-21(19)20)11-4-2-3-5-13(11)22/h4-5,8-9,12,14,24-25,28H,2-3,6-7,10H2,1H3. The molecule has 0 saturated carbocycles.